The SMILES string of the molecule is COc1cc2[nH]c3nc(-c4cc(F)c(F)c(F)c4F)c(C(=O)O)cc3c2cc1OC. The zero-order valence-electron chi connectivity index (χ0n) is 15.4. The Kier molecular flexibility index (Phi) is 4.49. The molecule has 2 aromatic carbocycles. The summed E-state index contributed by atoms with van der Waals surface area (Å²) >= 11 is 0. The Balaban J connectivity index is 2.08. The van der Waals surface area contributed by atoms with Crippen molar-refractivity contribution in [2.45, 2.75) is 0 Å². The van der Waals surface area contributed by atoms with Crippen molar-refractivity contribution in [1.82, 2.24) is 9.97 Å². The second kappa shape index (κ2) is 6.90. The van der Waals surface area contributed by atoms with E-state index < -0.39 is 46.1 Å². The number of fused-ring (bicyclic) bond motifs is 3. The molecule has 0 fully saturated rings. The van der Waals surface area contributed by atoms with E-state index in [1.807, 2.05) is 0 Å². The Morgan fingerprint density at radius 2 is 1.60 bits per heavy atom. The Bertz CT molecular complexity index is 1350. The van der Waals surface area contributed by atoms with E-state index >= 15 is 0 Å². The standard InChI is InChI=1S/C20H12F4N2O4/c1-29-13-5-7-8-3-10(20(27)28)18(9-4-11(21)16(23)17(24)15(9)22)26-19(8)25-12(7)6-14(13)30-2/h3-6H,1-2H3,(H,25,26)(H,27,28). The number of hydrogen-bond donors (Lipinski definition) is 2. The van der Waals surface area contributed by atoms with E-state index in [1.165, 1.54) is 20.3 Å². The van der Waals surface area contributed by atoms with Crippen molar-refractivity contribution in [3.63, 3.8) is 0 Å². The normalized spacial score (nSPS) is 11.3. The minimum Gasteiger partial charge on any atom is -0.493 e. The molecule has 0 unspecified atom stereocenters. The fraction of sp³-hybridized carbons (Fsp3) is 0.100. The van der Waals surface area contributed by atoms with Crippen LogP contribution in [0.15, 0.2) is 24.3 Å². The fourth-order valence-corrected chi connectivity index (χ4v) is 3.26. The van der Waals surface area contributed by atoms with E-state index in [-0.39, 0.29) is 5.65 Å². The molecule has 2 heterocycles. The lowest BCUT2D eigenvalue weighted by Gasteiger charge is -2.09. The van der Waals surface area contributed by atoms with Gasteiger partial charge in [-0.15, -0.1) is 0 Å². The average Bonchev–Trinajstić information content (AvgIpc) is 3.09. The van der Waals surface area contributed by atoms with Crippen LogP contribution in [0.3, 0.4) is 0 Å². The molecule has 0 aliphatic heterocycles. The van der Waals surface area contributed by atoms with Crippen molar-refractivity contribution < 1.29 is 36.9 Å². The van der Waals surface area contributed by atoms with E-state index in [0.29, 0.717) is 33.9 Å². The van der Waals surface area contributed by atoms with Crippen LogP contribution in [0.5, 0.6) is 11.5 Å². The van der Waals surface area contributed by atoms with E-state index in [1.54, 1.807) is 12.1 Å². The molecule has 2 aromatic heterocycles. The molecule has 0 aliphatic carbocycles. The highest BCUT2D eigenvalue weighted by atomic mass is 19.2. The number of ether oxygens (including phenoxy) is 2. The third kappa shape index (κ3) is 2.79. The largest absolute Gasteiger partial charge is 0.493 e. The molecule has 0 atom stereocenters. The predicted molar refractivity (Wildman–Crippen MR) is 98.9 cm³/mol. The summed E-state index contributed by atoms with van der Waals surface area (Å²) in [4.78, 5) is 18.8. The van der Waals surface area contributed by atoms with Gasteiger partial charge < -0.3 is 19.6 Å². The Morgan fingerprint density at radius 3 is 2.23 bits per heavy atom. The summed E-state index contributed by atoms with van der Waals surface area (Å²) in [6.07, 6.45) is 0. The average molecular weight is 420 g/mol. The van der Waals surface area contributed by atoms with Crippen LogP contribution in [0, 0.1) is 23.3 Å². The molecule has 0 saturated heterocycles. The number of aromatic carboxylic acids is 1. The van der Waals surface area contributed by atoms with Gasteiger partial charge in [0.25, 0.3) is 0 Å². The molecule has 4 rings (SSSR count). The number of carboxylic acids is 1. The number of aromatic nitrogens is 2. The topological polar surface area (TPSA) is 84.4 Å². The van der Waals surface area contributed by atoms with Crippen LogP contribution < -0.4 is 9.47 Å². The summed E-state index contributed by atoms with van der Waals surface area (Å²) in [5, 5.41) is 10.5. The third-order valence-corrected chi connectivity index (χ3v) is 4.68. The van der Waals surface area contributed by atoms with Crippen molar-refractivity contribution in [3.8, 4) is 22.8 Å². The van der Waals surface area contributed by atoms with Gasteiger partial charge in [0.2, 0.25) is 0 Å². The lowest BCUT2D eigenvalue weighted by molar-refractivity contribution is 0.0697. The number of methoxy groups -OCH3 is 2. The van der Waals surface area contributed by atoms with Gasteiger partial charge in [-0.05, 0) is 18.2 Å². The maximum atomic E-state index is 14.3. The van der Waals surface area contributed by atoms with E-state index in [2.05, 4.69) is 9.97 Å². The second-order valence-electron chi connectivity index (χ2n) is 6.31. The van der Waals surface area contributed by atoms with Gasteiger partial charge in [0.05, 0.1) is 31.0 Å². The number of nitrogens with zero attached hydrogens (tertiary/aromatic N) is 1. The minimum absolute atomic E-state index is 0.116. The predicted octanol–water partition coefficient (Wildman–Crippen LogP) is 4.65. The first-order valence-corrected chi connectivity index (χ1v) is 8.42. The van der Waals surface area contributed by atoms with Crippen LogP contribution in [0.2, 0.25) is 0 Å². The lowest BCUT2D eigenvalue weighted by atomic mass is 10.0. The van der Waals surface area contributed by atoms with Gasteiger partial charge in [-0.25, -0.2) is 27.3 Å². The van der Waals surface area contributed by atoms with Crippen molar-refractivity contribution in [1.29, 1.82) is 0 Å². The number of rotatable bonds is 4. The van der Waals surface area contributed by atoms with E-state index in [9.17, 15) is 27.5 Å². The number of carbonyl (C=O) groups is 1. The smallest absolute Gasteiger partial charge is 0.337 e. The Labute approximate surface area is 165 Å². The Hall–Kier alpha value is -3.82. The minimum atomic E-state index is -2.06. The number of pyridine rings is 1. The summed E-state index contributed by atoms with van der Waals surface area (Å²) in [6, 6.07) is 4.73. The second-order valence-corrected chi connectivity index (χ2v) is 6.31. The highest BCUT2D eigenvalue weighted by molar-refractivity contribution is 6.10. The van der Waals surface area contributed by atoms with Gasteiger partial charge >= 0.3 is 5.97 Å². The first-order valence-electron chi connectivity index (χ1n) is 8.42. The van der Waals surface area contributed by atoms with Gasteiger partial charge in [-0.2, -0.15) is 0 Å². The van der Waals surface area contributed by atoms with Crippen LogP contribution in [0.25, 0.3) is 33.2 Å². The van der Waals surface area contributed by atoms with Crippen LogP contribution in [-0.4, -0.2) is 35.3 Å². The first-order chi connectivity index (χ1) is 14.3. The van der Waals surface area contributed by atoms with Crippen LogP contribution in [0.1, 0.15) is 10.4 Å². The van der Waals surface area contributed by atoms with Crippen molar-refractivity contribution >= 4 is 27.9 Å². The van der Waals surface area contributed by atoms with Gasteiger partial charge in [-0.1, -0.05) is 0 Å². The summed E-state index contributed by atoms with van der Waals surface area (Å²) in [7, 11) is 2.86. The first kappa shape index (κ1) is 19.5. The third-order valence-electron chi connectivity index (χ3n) is 4.68. The highest BCUT2D eigenvalue weighted by Gasteiger charge is 2.25. The molecule has 154 valence electrons. The molecule has 0 amide bonds. The maximum absolute atomic E-state index is 14.3. The number of hydrogen-bond acceptors (Lipinski definition) is 4. The maximum Gasteiger partial charge on any atom is 0.337 e. The molecule has 30 heavy (non-hydrogen) atoms. The molecule has 0 aliphatic rings. The molecular weight excluding hydrogens is 408 g/mol. The number of aromatic amines is 1. The molecule has 6 nitrogen and oxygen atoms in total. The van der Waals surface area contributed by atoms with Crippen LogP contribution >= 0.6 is 0 Å². The number of nitrogens with one attached hydrogen (secondary N) is 1. The number of carboxylic acid groups (broad SMARTS) is 1. The highest BCUT2D eigenvalue weighted by Crippen LogP contribution is 2.37. The molecule has 4 aromatic rings. The van der Waals surface area contributed by atoms with Gasteiger partial charge in [0.1, 0.15) is 5.65 Å². The van der Waals surface area contributed by atoms with E-state index in [4.69, 9.17) is 9.47 Å². The monoisotopic (exact) mass is 420 g/mol. The molecule has 10 heteroatoms. The molecule has 0 bridgehead atoms. The molecule has 2 N–H and O–H groups in total. The van der Waals surface area contributed by atoms with Crippen molar-refractivity contribution in [2.24, 2.45) is 0 Å². The lowest BCUT2D eigenvalue weighted by Crippen LogP contribution is -2.06. The molecular formula is C20H12F4N2O4. The molecule has 0 spiro atoms. The van der Waals surface area contributed by atoms with Crippen LogP contribution in [0.4, 0.5) is 17.6 Å². The molecule has 0 saturated carbocycles. The number of H-pyrrole nitrogens is 1. The van der Waals surface area contributed by atoms with Crippen LogP contribution in [-0.2, 0) is 0 Å². The Morgan fingerprint density at radius 1 is 0.933 bits per heavy atom. The van der Waals surface area contributed by atoms with Crippen molar-refractivity contribution in [2.75, 3.05) is 14.2 Å². The van der Waals surface area contributed by atoms with Gasteiger partial charge in [0.15, 0.2) is 34.8 Å². The van der Waals surface area contributed by atoms with Gasteiger partial charge in [0, 0.05) is 22.4 Å². The van der Waals surface area contributed by atoms with E-state index in [0.717, 1.165) is 0 Å². The summed E-state index contributed by atoms with van der Waals surface area (Å²) in [5.74, 6) is -8.23. The summed E-state index contributed by atoms with van der Waals surface area (Å²) in [5.41, 5.74) is -1.29. The molecule has 0 radical (unpaired) electrons. The zero-order chi connectivity index (χ0) is 21.7. The fourth-order valence-electron chi connectivity index (χ4n) is 3.26. The number of benzene rings is 2. The summed E-state index contributed by atoms with van der Waals surface area (Å²) < 4.78 is 65.5. The zero-order valence-corrected chi connectivity index (χ0v) is 15.4. The van der Waals surface area contributed by atoms with Gasteiger partial charge in [-0.3, -0.25) is 0 Å². The summed E-state index contributed by atoms with van der Waals surface area (Å²) in [6.45, 7) is 0. The number of halogens is 4. The quantitative estimate of drug-likeness (QED) is 0.285. The van der Waals surface area contributed by atoms with Crippen molar-refractivity contribution in [3.05, 3.63) is 53.1 Å².